The number of ether oxygens (including phenoxy) is 1. The van der Waals surface area contributed by atoms with Gasteiger partial charge in [-0.15, -0.1) is 0 Å². The molecule has 0 heterocycles. The highest BCUT2D eigenvalue weighted by Crippen LogP contribution is 2.20. The zero-order valence-corrected chi connectivity index (χ0v) is 12.1. The summed E-state index contributed by atoms with van der Waals surface area (Å²) in [5.41, 5.74) is 1.76. The fourth-order valence-corrected chi connectivity index (χ4v) is 1.92. The van der Waals surface area contributed by atoms with Gasteiger partial charge in [0.05, 0.1) is 26.4 Å². The van der Waals surface area contributed by atoms with Crippen LogP contribution in [0.4, 0.5) is 0 Å². The number of rotatable bonds is 6. The Bertz CT molecular complexity index is 518. The summed E-state index contributed by atoms with van der Waals surface area (Å²) in [7, 11) is -2.07. The van der Waals surface area contributed by atoms with Gasteiger partial charge >= 0.3 is 5.97 Å². The average molecular weight is 286 g/mol. The Morgan fingerprint density at radius 3 is 2.32 bits per heavy atom. The Morgan fingerprint density at radius 2 is 1.84 bits per heavy atom. The molecular formula is C13H18O5S. The van der Waals surface area contributed by atoms with E-state index in [1.165, 1.54) is 7.11 Å². The largest absolute Gasteiger partial charge is 0.469 e. The lowest BCUT2D eigenvalue weighted by molar-refractivity contribution is -0.140. The van der Waals surface area contributed by atoms with Crippen molar-refractivity contribution in [3.8, 4) is 0 Å². The van der Waals surface area contributed by atoms with Crippen LogP contribution in [-0.4, -0.2) is 27.8 Å². The molecule has 5 nitrogen and oxygen atoms in total. The molecule has 0 saturated heterocycles. The Labute approximate surface area is 113 Å². The SMILES string of the molecule is COC(=O)CC(C)c1ccc(COS(C)(=O)=O)cc1. The Hall–Kier alpha value is -1.40. The van der Waals surface area contributed by atoms with Crippen LogP contribution in [0.1, 0.15) is 30.4 Å². The van der Waals surface area contributed by atoms with Gasteiger partial charge in [-0.3, -0.25) is 8.98 Å². The Kier molecular flexibility index (Phi) is 5.50. The van der Waals surface area contributed by atoms with Gasteiger partial charge in [0.2, 0.25) is 0 Å². The van der Waals surface area contributed by atoms with Crippen molar-refractivity contribution in [2.75, 3.05) is 13.4 Å². The molecule has 1 aromatic rings. The number of hydrogen-bond acceptors (Lipinski definition) is 5. The summed E-state index contributed by atoms with van der Waals surface area (Å²) in [6.45, 7) is 1.95. The molecule has 0 fully saturated rings. The van der Waals surface area contributed by atoms with E-state index in [1.54, 1.807) is 12.1 Å². The summed E-state index contributed by atoms with van der Waals surface area (Å²) in [4.78, 5) is 11.2. The third-order valence-electron chi connectivity index (χ3n) is 2.69. The van der Waals surface area contributed by atoms with Crippen LogP contribution >= 0.6 is 0 Å². The summed E-state index contributed by atoms with van der Waals surface area (Å²) in [6, 6.07) is 7.28. The number of esters is 1. The van der Waals surface area contributed by atoms with E-state index in [2.05, 4.69) is 4.74 Å². The maximum atomic E-state index is 11.2. The minimum absolute atomic E-state index is 0.0183. The molecule has 0 spiro atoms. The molecule has 1 unspecified atom stereocenters. The van der Waals surface area contributed by atoms with E-state index in [0.717, 1.165) is 17.4 Å². The quantitative estimate of drug-likeness (QED) is 0.589. The van der Waals surface area contributed by atoms with Crippen LogP contribution in [-0.2, 0) is 30.4 Å². The number of benzene rings is 1. The van der Waals surface area contributed by atoms with Crippen LogP contribution in [0.15, 0.2) is 24.3 Å². The van der Waals surface area contributed by atoms with Crippen molar-refractivity contribution in [2.45, 2.75) is 25.9 Å². The monoisotopic (exact) mass is 286 g/mol. The van der Waals surface area contributed by atoms with E-state index in [-0.39, 0.29) is 18.5 Å². The van der Waals surface area contributed by atoms with Gasteiger partial charge in [0.25, 0.3) is 10.1 Å². The van der Waals surface area contributed by atoms with Crippen LogP contribution in [0.2, 0.25) is 0 Å². The first-order valence-electron chi connectivity index (χ1n) is 5.82. The first kappa shape index (κ1) is 15.7. The van der Waals surface area contributed by atoms with Crippen LogP contribution < -0.4 is 0 Å². The number of hydrogen-bond donors (Lipinski definition) is 0. The van der Waals surface area contributed by atoms with Gasteiger partial charge < -0.3 is 4.74 Å². The predicted molar refractivity (Wildman–Crippen MR) is 71.1 cm³/mol. The van der Waals surface area contributed by atoms with Crippen molar-refractivity contribution in [2.24, 2.45) is 0 Å². The molecule has 1 rings (SSSR count). The lowest BCUT2D eigenvalue weighted by Gasteiger charge is -2.11. The van der Waals surface area contributed by atoms with E-state index in [0.29, 0.717) is 6.42 Å². The fourth-order valence-electron chi connectivity index (χ4n) is 1.57. The molecule has 0 saturated carbocycles. The smallest absolute Gasteiger partial charge is 0.306 e. The van der Waals surface area contributed by atoms with Crippen LogP contribution in [0, 0.1) is 0 Å². The minimum Gasteiger partial charge on any atom is -0.469 e. The molecule has 0 aromatic heterocycles. The lowest BCUT2D eigenvalue weighted by Crippen LogP contribution is -2.06. The van der Waals surface area contributed by atoms with Crippen molar-refractivity contribution in [1.82, 2.24) is 0 Å². The number of carbonyl (C=O) groups excluding carboxylic acids is 1. The lowest BCUT2D eigenvalue weighted by atomic mass is 9.97. The average Bonchev–Trinajstić information content (AvgIpc) is 2.36. The maximum absolute atomic E-state index is 11.2. The van der Waals surface area contributed by atoms with E-state index in [1.807, 2.05) is 19.1 Å². The second-order valence-electron chi connectivity index (χ2n) is 4.39. The molecule has 0 N–H and O–H groups in total. The maximum Gasteiger partial charge on any atom is 0.306 e. The highest BCUT2D eigenvalue weighted by atomic mass is 32.2. The van der Waals surface area contributed by atoms with E-state index in [4.69, 9.17) is 4.18 Å². The third kappa shape index (κ3) is 5.85. The Morgan fingerprint density at radius 1 is 1.26 bits per heavy atom. The first-order valence-corrected chi connectivity index (χ1v) is 7.63. The van der Waals surface area contributed by atoms with E-state index >= 15 is 0 Å². The molecule has 106 valence electrons. The second kappa shape index (κ2) is 6.68. The highest BCUT2D eigenvalue weighted by Gasteiger charge is 2.11. The van der Waals surface area contributed by atoms with Crippen LogP contribution in [0.25, 0.3) is 0 Å². The molecule has 0 aliphatic heterocycles. The molecule has 0 aliphatic carbocycles. The molecule has 6 heteroatoms. The van der Waals surface area contributed by atoms with Gasteiger partial charge in [-0.05, 0) is 17.0 Å². The molecule has 1 aromatic carbocycles. The highest BCUT2D eigenvalue weighted by molar-refractivity contribution is 7.85. The molecule has 0 aliphatic rings. The van der Waals surface area contributed by atoms with Crippen LogP contribution in [0.5, 0.6) is 0 Å². The first-order chi connectivity index (χ1) is 8.81. The van der Waals surface area contributed by atoms with Crippen molar-refractivity contribution in [3.05, 3.63) is 35.4 Å². The molecule has 0 bridgehead atoms. The van der Waals surface area contributed by atoms with Crippen LogP contribution in [0.3, 0.4) is 0 Å². The Balaban J connectivity index is 2.63. The zero-order chi connectivity index (χ0) is 14.5. The van der Waals surface area contributed by atoms with Gasteiger partial charge in [0.1, 0.15) is 0 Å². The van der Waals surface area contributed by atoms with Gasteiger partial charge in [-0.2, -0.15) is 8.42 Å². The second-order valence-corrected chi connectivity index (χ2v) is 6.03. The van der Waals surface area contributed by atoms with Gasteiger partial charge in [0.15, 0.2) is 0 Å². The fraction of sp³-hybridized carbons (Fsp3) is 0.462. The number of methoxy groups -OCH3 is 1. The van der Waals surface area contributed by atoms with Gasteiger partial charge in [-0.1, -0.05) is 31.2 Å². The topological polar surface area (TPSA) is 69.7 Å². The molecular weight excluding hydrogens is 268 g/mol. The zero-order valence-electron chi connectivity index (χ0n) is 11.3. The molecule has 0 radical (unpaired) electrons. The molecule has 19 heavy (non-hydrogen) atoms. The summed E-state index contributed by atoms with van der Waals surface area (Å²) in [5, 5.41) is 0. The predicted octanol–water partition coefficient (Wildman–Crippen LogP) is 1.83. The van der Waals surface area contributed by atoms with Gasteiger partial charge in [0, 0.05) is 0 Å². The van der Waals surface area contributed by atoms with E-state index < -0.39 is 10.1 Å². The third-order valence-corrected chi connectivity index (χ3v) is 3.23. The summed E-state index contributed by atoms with van der Waals surface area (Å²) in [6.07, 6.45) is 1.33. The van der Waals surface area contributed by atoms with Gasteiger partial charge in [-0.25, -0.2) is 0 Å². The molecule has 0 amide bonds. The normalized spacial score (nSPS) is 13.0. The van der Waals surface area contributed by atoms with Crippen molar-refractivity contribution >= 4 is 16.1 Å². The van der Waals surface area contributed by atoms with Crippen molar-refractivity contribution in [3.63, 3.8) is 0 Å². The number of carbonyl (C=O) groups is 1. The standard InChI is InChI=1S/C13H18O5S/c1-10(8-13(14)17-2)12-6-4-11(5-7-12)9-18-19(3,15)16/h4-7,10H,8-9H2,1-3H3. The van der Waals surface area contributed by atoms with E-state index in [9.17, 15) is 13.2 Å². The summed E-state index contributed by atoms with van der Waals surface area (Å²) >= 11 is 0. The summed E-state index contributed by atoms with van der Waals surface area (Å²) < 4.78 is 31.0. The van der Waals surface area contributed by atoms with Crippen molar-refractivity contribution < 1.29 is 22.1 Å². The van der Waals surface area contributed by atoms with Crippen molar-refractivity contribution in [1.29, 1.82) is 0 Å². The minimum atomic E-state index is -3.43. The molecule has 1 atom stereocenters. The summed E-state index contributed by atoms with van der Waals surface area (Å²) in [5.74, 6) is -0.200.